The van der Waals surface area contributed by atoms with Gasteiger partial charge < -0.3 is 20.3 Å². The molecule has 2 aliphatic heterocycles. The molecule has 3 aromatic rings. The monoisotopic (exact) mass is 404 g/mol. The minimum absolute atomic E-state index is 0.251. The van der Waals surface area contributed by atoms with Crippen molar-refractivity contribution in [3.63, 3.8) is 0 Å². The number of ether oxygens (including phenoxy) is 1. The molecule has 0 bridgehead atoms. The highest BCUT2D eigenvalue weighted by molar-refractivity contribution is 7.16. The number of nitrogens with zero attached hydrogens (tertiary/aromatic N) is 2. The van der Waals surface area contributed by atoms with Crippen molar-refractivity contribution in [2.24, 2.45) is 4.99 Å². The molecule has 3 heterocycles. The van der Waals surface area contributed by atoms with Crippen LogP contribution >= 0.6 is 11.3 Å². The normalized spacial score (nSPS) is 18.2. The van der Waals surface area contributed by atoms with Gasteiger partial charge in [0, 0.05) is 24.5 Å². The van der Waals surface area contributed by atoms with Gasteiger partial charge in [-0.25, -0.2) is 4.99 Å². The minimum Gasteiger partial charge on any atom is -0.492 e. The van der Waals surface area contributed by atoms with E-state index in [0.717, 1.165) is 42.6 Å². The molecule has 148 valence electrons. The molecular weight excluding hydrogens is 380 g/mol. The Morgan fingerprint density at radius 3 is 2.86 bits per heavy atom. The van der Waals surface area contributed by atoms with Gasteiger partial charge in [0.05, 0.1) is 23.0 Å². The maximum absolute atomic E-state index is 6.00. The molecule has 29 heavy (non-hydrogen) atoms. The molecule has 2 aliphatic rings. The van der Waals surface area contributed by atoms with Crippen LogP contribution in [-0.4, -0.2) is 43.0 Å². The van der Waals surface area contributed by atoms with Crippen LogP contribution in [0.4, 0.5) is 16.4 Å². The summed E-state index contributed by atoms with van der Waals surface area (Å²) in [4.78, 5) is 8.77. The number of hydrogen-bond donors (Lipinski definition) is 2. The SMILES string of the molecule is Cc1cc2c(s1)Nc1ccccc1N=C2N1CCNC(COc2ccccc2)C1. The lowest BCUT2D eigenvalue weighted by molar-refractivity contribution is 0.206. The number of para-hydroxylation sites is 3. The molecule has 0 radical (unpaired) electrons. The van der Waals surface area contributed by atoms with E-state index in [1.807, 2.05) is 42.5 Å². The zero-order chi connectivity index (χ0) is 19.6. The Kier molecular flexibility index (Phi) is 4.96. The van der Waals surface area contributed by atoms with Gasteiger partial charge in [-0.2, -0.15) is 0 Å². The third-order valence-corrected chi connectivity index (χ3v) is 6.19. The van der Waals surface area contributed by atoms with Crippen LogP contribution in [0.1, 0.15) is 10.4 Å². The number of fused-ring (bicyclic) bond motifs is 2. The quantitative estimate of drug-likeness (QED) is 0.673. The van der Waals surface area contributed by atoms with E-state index >= 15 is 0 Å². The highest BCUT2D eigenvalue weighted by Gasteiger charge is 2.27. The van der Waals surface area contributed by atoms with Crippen molar-refractivity contribution in [2.45, 2.75) is 13.0 Å². The lowest BCUT2D eigenvalue weighted by Gasteiger charge is -2.35. The van der Waals surface area contributed by atoms with Gasteiger partial charge in [-0.15, -0.1) is 11.3 Å². The fourth-order valence-corrected chi connectivity index (χ4v) is 4.75. The molecule has 1 atom stereocenters. The van der Waals surface area contributed by atoms with Crippen molar-refractivity contribution in [3.8, 4) is 5.75 Å². The molecule has 1 unspecified atom stereocenters. The summed E-state index contributed by atoms with van der Waals surface area (Å²) in [5.74, 6) is 1.96. The van der Waals surface area contributed by atoms with Gasteiger partial charge in [0.2, 0.25) is 0 Å². The van der Waals surface area contributed by atoms with Crippen LogP contribution in [0.3, 0.4) is 0 Å². The van der Waals surface area contributed by atoms with Crippen LogP contribution in [0.25, 0.3) is 0 Å². The first-order valence-electron chi connectivity index (χ1n) is 9.98. The van der Waals surface area contributed by atoms with Crippen LogP contribution in [0.2, 0.25) is 0 Å². The van der Waals surface area contributed by atoms with Crippen molar-refractivity contribution < 1.29 is 4.74 Å². The van der Waals surface area contributed by atoms with Crippen molar-refractivity contribution in [2.75, 3.05) is 31.6 Å². The summed E-state index contributed by atoms with van der Waals surface area (Å²) < 4.78 is 6.00. The van der Waals surface area contributed by atoms with Gasteiger partial charge in [0.25, 0.3) is 0 Å². The molecule has 0 saturated carbocycles. The average Bonchev–Trinajstić information content (AvgIpc) is 3.04. The van der Waals surface area contributed by atoms with E-state index < -0.39 is 0 Å². The van der Waals surface area contributed by atoms with Gasteiger partial charge in [-0.05, 0) is 37.3 Å². The highest BCUT2D eigenvalue weighted by atomic mass is 32.1. The van der Waals surface area contributed by atoms with Gasteiger partial charge >= 0.3 is 0 Å². The molecule has 1 saturated heterocycles. The van der Waals surface area contributed by atoms with Crippen LogP contribution in [-0.2, 0) is 0 Å². The topological polar surface area (TPSA) is 48.9 Å². The van der Waals surface area contributed by atoms with E-state index in [-0.39, 0.29) is 6.04 Å². The van der Waals surface area contributed by atoms with E-state index in [1.165, 1.54) is 15.4 Å². The maximum Gasteiger partial charge on any atom is 0.139 e. The Morgan fingerprint density at radius 2 is 1.97 bits per heavy atom. The fraction of sp³-hybridized carbons (Fsp3) is 0.261. The third kappa shape index (κ3) is 3.86. The van der Waals surface area contributed by atoms with Crippen molar-refractivity contribution in [1.29, 1.82) is 0 Å². The van der Waals surface area contributed by atoms with Crippen LogP contribution in [0.5, 0.6) is 5.75 Å². The molecule has 2 N–H and O–H groups in total. The minimum atomic E-state index is 0.251. The number of hydrogen-bond acceptors (Lipinski definition) is 6. The van der Waals surface area contributed by atoms with E-state index in [2.05, 4.69) is 40.7 Å². The van der Waals surface area contributed by atoms with E-state index in [0.29, 0.717) is 6.61 Å². The zero-order valence-corrected chi connectivity index (χ0v) is 17.2. The molecule has 0 amide bonds. The molecule has 1 aromatic heterocycles. The lowest BCUT2D eigenvalue weighted by atomic mass is 10.1. The molecule has 5 nitrogen and oxygen atoms in total. The number of aryl methyl sites for hydroxylation is 1. The Morgan fingerprint density at radius 1 is 1.14 bits per heavy atom. The van der Waals surface area contributed by atoms with Gasteiger partial charge in [-0.3, -0.25) is 0 Å². The summed E-state index contributed by atoms with van der Waals surface area (Å²) in [5.41, 5.74) is 3.23. The second-order valence-corrected chi connectivity index (χ2v) is 8.65. The molecule has 0 aliphatic carbocycles. The number of thiophene rings is 1. The van der Waals surface area contributed by atoms with Crippen LogP contribution < -0.4 is 15.4 Å². The summed E-state index contributed by atoms with van der Waals surface area (Å²) in [7, 11) is 0. The smallest absolute Gasteiger partial charge is 0.139 e. The van der Waals surface area contributed by atoms with Gasteiger partial charge in [-0.1, -0.05) is 30.3 Å². The molecule has 5 rings (SSSR count). The first kappa shape index (κ1) is 18.2. The first-order chi connectivity index (χ1) is 14.3. The maximum atomic E-state index is 6.00. The van der Waals surface area contributed by atoms with Crippen LogP contribution in [0.15, 0.2) is 65.7 Å². The van der Waals surface area contributed by atoms with E-state index in [9.17, 15) is 0 Å². The van der Waals surface area contributed by atoms with Gasteiger partial charge in [0.1, 0.15) is 23.2 Å². The molecule has 1 fully saturated rings. The zero-order valence-electron chi connectivity index (χ0n) is 16.4. The predicted molar refractivity (Wildman–Crippen MR) is 120 cm³/mol. The van der Waals surface area contributed by atoms with E-state index in [1.54, 1.807) is 11.3 Å². The Bertz CT molecular complexity index is 1030. The first-order valence-corrected chi connectivity index (χ1v) is 10.8. The number of rotatable bonds is 3. The van der Waals surface area contributed by atoms with Crippen molar-refractivity contribution >= 4 is 33.5 Å². The third-order valence-electron chi connectivity index (χ3n) is 5.22. The second-order valence-electron chi connectivity index (χ2n) is 7.40. The summed E-state index contributed by atoms with van der Waals surface area (Å²) >= 11 is 1.78. The van der Waals surface area contributed by atoms with Crippen molar-refractivity contribution in [1.82, 2.24) is 10.2 Å². The lowest BCUT2D eigenvalue weighted by Crippen LogP contribution is -2.54. The summed E-state index contributed by atoms with van der Waals surface area (Å²) in [6, 6.07) is 20.8. The average molecular weight is 405 g/mol. The predicted octanol–water partition coefficient (Wildman–Crippen LogP) is 4.54. The van der Waals surface area contributed by atoms with E-state index in [4.69, 9.17) is 9.73 Å². The summed E-state index contributed by atoms with van der Waals surface area (Å²) in [6.07, 6.45) is 0. The Hall–Kier alpha value is -2.83. The molecule has 2 aromatic carbocycles. The molecular formula is C23H24N4OS. The Labute approximate surface area is 175 Å². The summed E-state index contributed by atoms with van der Waals surface area (Å²) in [6.45, 7) is 5.49. The number of piperazine rings is 1. The molecule has 0 spiro atoms. The molecule has 6 heteroatoms. The second kappa shape index (κ2) is 7.89. The van der Waals surface area contributed by atoms with Crippen LogP contribution in [0, 0.1) is 6.92 Å². The summed E-state index contributed by atoms with van der Waals surface area (Å²) in [5, 5.41) is 8.34. The van der Waals surface area contributed by atoms with Gasteiger partial charge in [0.15, 0.2) is 0 Å². The number of amidine groups is 1. The number of nitrogens with one attached hydrogen (secondary N) is 2. The largest absolute Gasteiger partial charge is 0.492 e. The Balaban J connectivity index is 1.40. The number of aliphatic imine (C=N–C) groups is 1. The van der Waals surface area contributed by atoms with Crippen molar-refractivity contribution in [3.05, 3.63) is 71.1 Å². The fourth-order valence-electron chi connectivity index (χ4n) is 3.83. The number of benzene rings is 2. The standard InChI is InChI=1S/C23H24N4OS/c1-16-13-19-22(25-20-9-5-6-10-21(20)26-23(19)29-16)27-12-11-24-17(14-27)15-28-18-7-3-2-4-8-18/h2-10,13,17,24,26H,11-12,14-15H2,1H3. The highest BCUT2D eigenvalue weighted by Crippen LogP contribution is 2.39. The number of anilines is 2.